The Morgan fingerprint density at radius 3 is 2.52 bits per heavy atom. The second-order valence-electron chi connectivity index (χ2n) is 6.10. The van der Waals surface area contributed by atoms with Crippen LogP contribution in [0.4, 0.5) is 11.4 Å². The molecule has 2 aromatic carbocycles. The number of ether oxygens (including phenoxy) is 2. The van der Waals surface area contributed by atoms with Crippen LogP contribution in [-0.4, -0.2) is 38.5 Å². The maximum absolute atomic E-state index is 12.6. The van der Waals surface area contributed by atoms with Gasteiger partial charge in [-0.25, -0.2) is 4.79 Å². The van der Waals surface area contributed by atoms with Crippen molar-refractivity contribution in [1.29, 1.82) is 0 Å². The highest BCUT2D eigenvalue weighted by Crippen LogP contribution is 2.30. The predicted molar refractivity (Wildman–Crippen MR) is 99.9 cm³/mol. The first kappa shape index (κ1) is 18.4. The summed E-state index contributed by atoms with van der Waals surface area (Å²) in [6.45, 7) is 0.188. The monoisotopic (exact) mass is 368 g/mol. The number of carbonyl (C=O) groups is 3. The highest BCUT2D eigenvalue weighted by atomic mass is 16.5. The summed E-state index contributed by atoms with van der Waals surface area (Å²) < 4.78 is 10.0. The molecule has 1 saturated heterocycles. The summed E-state index contributed by atoms with van der Waals surface area (Å²) in [6, 6.07) is 13.8. The fourth-order valence-corrected chi connectivity index (χ4v) is 3.09. The lowest BCUT2D eigenvalue weighted by Crippen LogP contribution is -2.29. The van der Waals surface area contributed by atoms with Crippen LogP contribution in [0.5, 0.6) is 5.75 Å². The summed E-state index contributed by atoms with van der Waals surface area (Å²) >= 11 is 0. The number of anilines is 2. The Labute approximate surface area is 156 Å². The normalized spacial score (nSPS) is 16.1. The Hall–Kier alpha value is -3.35. The highest BCUT2D eigenvalue weighted by molar-refractivity contribution is 6.07. The summed E-state index contributed by atoms with van der Waals surface area (Å²) in [6.07, 6.45) is 0.0660. The number of methoxy groups -OCH3 is 2. The number of nitrogens with one attached hydrogen (secondary N) is 1. The average Bonchev–Trinajstić information content (AvgIpc) is 3.09. The molecule has 3 rings (SSSR count). The maximum atomic E-state index is 12.6. The molecule has 1 fully saturated rings. The molecule has 0 spiro atoms. The van der Waals surface area contributed by atoms with Crippen LogP contribution in [0.3, 0.4) is 0 Å². The molecule has 27 heavy (non-hydrogen) atoms. The number of benzene rings is 2. The van der Waals surface area contributed by atoms with E-state index in [1.54, 1.807) is 48.5 Å². The SMILES string of the molecule is COC(=O)c1ccccc1N1CC(C(=O)Nc2ccccc2OC)CC1=O. The smallest absolute Gasteiger partial charge is 0.339 e. The molecule has 2 amide bonds. The van der Waals surface area contributed by atoms with Gasteiger partial charge < -0.3 is 19.7 Å². The molecule has 1 N–H and O–H groups in total. The molecular weight excluding hydrogens is 348 g/mol. The van der Waals surface area contributed by atoms with Crippen LogP contribution >= 0.6 is 0 Å². The second kappa shape index (κ2) is 7.90. The molecule has 0 aliphatic carbocycles. The summed E-state index contributed by atoms with van der Waals surface area (Å²) in [4.78, 5) is 38.6. The third kappa shape index (κ3) is 3.76. The van der Waals surface area contributed by atoms with Crippen LogP contribution in [-0.2, 0) is 14.3 Å². The fraction of sp³-hybridized carbons (Fsp3) is 0.250. The largest absolute Gasteiger partial charge is 0.495 e. The zero-order valence-electron chi connectivity index (χ0n) is 15.1. The topological polar surface area (TPSA) is 84.9 Å². The van der Waals surface area contributed by atoms with Gasteiger partial charge in [0.15, 0.2) is 0 Å². The Balaban J connectivity index is 1.78. The van der Waals surface area contributed by atoms with Gasteiger partial charge in [-0.3, -0.25) is 9.59 Å². The van der Waals surface area contributed by atoms with E-state index < -0.39 is 11.9 Å². The third-order valence-electron chi connectivity index (χ3n) is 4.46. The van der Waals surface area contributed by atoms with Gasteiger partial charge in [-0.2, -0.15) is 0 Å². The molecule has 0 aromatic heterocycles. The third-order valence-corrected chi connectivity index (χ3v) is 4.46. The summed E-state index contributed by atoms with van der Waals surface area (Å²) in [5, 5.41) is 2.81. The van der Waals surface area contributed by atoms with E-state index in [0.717, 1.165) is 0 Å². The van der Waals surface area contributed by atoms with Crippen molar-refractivity contribution in [2.75, 3.05) is 31.0 Å². The summed E-state index contributed by atoms with van der Waals surface area (Å²) in [7, 11) is 2.81. The lowest BCUT2D eigenvalue weighted by molar-refractivity contribution is -0.122. The number of amides is 2. The summed E-state index contributed by atoms with van der Waals surface area (Å²) in [5.41, 5.74) is 1.28. The maximum Gasteiger partial charge on any atom is 0.339 e. The van der Waals surface area contributed by atoms with Gasteiger partial charge in [0.05, 0.1) is 37.1 Å². The fourth-order valence-electron chi connectivity index (χ4n) is 3.09. The Kier molecular flexibility index (Phi) is 5.40. The minimum absolute atomic E-state index is 0.0660. The van der Waals surface area contributed by atoms with Crippen LogP contribution in [0.15, 0.2) is 48.5 Å². The first-order chi connectivity index (χ1) is 13.0. The van der Waals surface area contributed by atoms with Gasteiger partial charge in [-0.15, -0.1) is 0 Å². The zero-order chi connectivity index (χ0) is 19.4. The molecule has 2 aromatic rings. The van der Waals surface area contributed by atoms with Crippen molar-refractivity contribution in [3.05, 3.63) is 54.1 Å². The zero-order valence-corrected chi connectivity index (χ0v) is 15.1. The number of rotatable bonds is 5. The van der Waals surface area contributed by atoms with Crippen LogP contribution in [0.1, 0.15) is 16.8 Å². The van der Waals surface area contributed by atoms with Gasteiger partial charge in [0.25, 0.3) is 0 Å². The number of nitrogens with zero attached hydrogens (tertiary/aromatic N) is 1. The van der Waals surface area contributed by atoms with E-state index in [4.69, 9.17) is 9.47 Å². The molecule has 7 heteroatoms. The molecule has 1 atom stereocenters. The van der Waals surface area contributed by atoms with E-state index in [9.17, 15) is 14.4 Å². The van der Waals surface area contributed by atoms with E-state index in [1.807, 2.05) is 0 Å². The van der Waals surface area contributed by atoms with Gasteiger partial charge >= 0.3 is 5.97 Å². The van der Waals surface area contributed by atoms with E-state index >= 15 is 0 Å². The van der Waals surface area contributed by atoms with Gasteiger partial charge in [0.2, 0.25) is 11.8 Å². The first-order valence-electron chi connectivity index (χ1n) is 8.46. The predicted octanol–water partition coefficient (Wildman–Crippen LogP) is 2.47. The van der Waals surface area contributed by atoms with Gasteiger partial charge in [-0.1, -0.05) is 24.3 Å². The molecule has 140 valence electrons. The van der Waals surface area contributed by atoms with Gasteiger partial charge in [-0.05, 0) is 24.3 Å². The number of hydrogen-bond acceptors (Lipinski definition) is 5. The lowest BCUT2D eigenvalue weighted by Gasteiger charge is -2.19. The van der Waals surface area contributed by atoms with E-state index in [-0.39, 0.29) is 24.8 Å². The standard InChI is InChI=1S/C20H20N2O5/c1-26-17-10-6-4-8-15(17)21-19(24)13-11-18(23)22(12-13)16-9-5-3-7-14(16)20(25)27-2/h3-10,13H,11-12H2,1-2H3,(H,21,24). The number of hydrogen-bond donors (Lipinski definition) is 1. The minimum Gasteiger partial charge on any atom is -0.495 e. The average molecular weight is 368 g/mol. The van der Waals surface area contributed by atoms with Crippen LogP contribution in [0.25, 0.3) is 0 Å². The van der Waals surface area contributed by atoms with Crippen molar-refractivity contribution in [3.8, 4) is 5.75 Å². The van der Waals surface area contributed by atoms with Crippen molar-refractivity contribution < 1.29 is 23.9 Å². The van der Waals surface area contributed by atoms with Crippen LogP contribution < -0.4 is 15.0 Å². The first-order valence-corrected chi connectivity index (χ1v) is 8.46. The molecular formula is C20H20N2O5. The van der Waals surface area contributed by atoms with Crippen LogP contribution in [0, 0.1) is 5.92 Å². The summed E-state index contributed by atoms with van der Waals surface area (Å²) in [5.74, 6) is -1.01. The Morgan fingerprint density at radius 2 is 1.78 bits per heavy atom. The second-order valence-corrected chi connectivity index (χ2v) is 6.10. The van der Waals surface area contributed by atoms with Crippen molar-refractivity contribution in [2.24, 2.45) is 5.92 Å². The Morgan fingerprint density at radius 1 is 1.07 bits per heavy atom. The molecule has 7 nitrogen and oxygen atoms in total. The molecule has 1 unspecified atom stereocenters. The van der Waals surface area contributed by atoms with E-state index in [2.05, 4.69) is 5.32 Å². The van der Waals surface area contributed by atoms with Crippen molar-refractivity contribution in [1.82, 2.24) is 0 Å². The molecule has 1 aliphatic rings. The van der Waals surface area contributed by atoms with Gasteiger partial charge in [0.1, 0.15) is 5.75 Å². The number of esters is 1. The minimum atomic E-state index is -0.534. The number of carbonyl (C=O) groups excluding carboxylic acids is 3. The van der Waals surface area contributed by atoms with Crippen molar-refractivity contribution >= 4 is 29.2 Å². The van der Waals surface area contributed by atoms with E-state index in [0.29, 0.717) is 22.7 Å². The Bertz CT molecular complexity index is 880. The molecule has 1 aliphatic heterocycles. The van der Waals surface area contributed by atoms with Gasteiger partial charge in [0, 0.05) is 13.0 Å². The van der Waals surface area contributed by atoms with Crippen molar-refractivity contribution in [3.63, 3.8) is 0 Å². The quantitative estimate of drug-likeness (QED) is 0.820. The number of para-hydroxylation sites is 3. The molecule has 0 saturated carbocycles. The molecule has 0 bridgehead atoms. The van der Waals surface area contributed by atoms with Crippen LogP contribution in [0.2, 0.25) is 0 Å². The lowest BCUT2D eigenvalue weighted by atomic mass is 10.1. The van der Waals surface area contributed by atoms with Crippen molar-refractivity contribution in [2.45, 2.75) is 6.42 Å². The molecule has 0 radical (unpaired) electrons. The van der Waals surface area contributed by atoms with E-state index in [1.165, 1.54) is 19.1 Å². The highest BCUT2D eigenvalue weighted by Gasteiger charge is 2.36. The molecule has 1 heterocycles.